The van der Waals surface area contributed by atoms with E-state index >= 15 is 0 Å². The highest BCUT2D eigenvalue weighted by atomic mass is 16.3. The number of aryl methyl sites for hydroxylation is 1. The van der Waals surface area contributed by atoms with Crippen molar-refractivity contribution in [1.29, 1.82) is 5.26 Å². The molecule has 0 bridgehead atoms. The Morgan fingerprint density at radius 3 is 2.52 bits per heavy atom. The minimum Gasteiger partial charge on any atom is -0.451 e. The van der Waals surface area contributed by atoms with Crippen LogP contribution in [0.25, 0.3) is 11.0 Å². The molecule has 21 heavy (non-hydrogen) atoms. The van der Waals surface area contributed by atoms with Gasteiger partial charge in [0.25, 0.3) is 5.91 Å². The predicted octanol–water partition coefficient (Wildman–Crippen LogP) is 3.87. The summed E-state index contributed by atoms with van der Waals surface area (Å²) in [5.74, 6) is 0.00830. The van der Waals surface area contributed by atoms with Gasteiger partial charge in [-0.3, -0.25) is 4.79 Å². The first kappa shape index (κ1) is 12.9. The van der Waals surface area contributed by atoms with E-state index in [4.69, 9.17) is 9.68 Å². The Morgan fingerprint density at radius 1 is 1.14 bits per heavy atom. The molecular weight excluding hydrogens is 264 g/mol. The normalized spacial score (nSPS) is 10.3. The minimum absolute atomic E-state index is 0.298. The number of hydrogen-bond donors (Lipinski definition) is 1. The molecule has 0 aliphatic carbocycles. The fraction of sp³-hybridized carbons (Fsp3) is 0.0588. The Balaban J connectivity index is 1.90. The number of rotatable bonds is 2. The van der Waals surface area contributed by atoms with Gasteiger partial charge < -0.3 is 9.73 Å². The molecule has 2 aromatic carbocycles. The second-order valence-corrected chi connectivity index (χ2v) is 4.70. The van der Waals surface area contributed by atoms with Gasteiger partial charge in [-0.15, -0.1) is 0 Å². The van der Waals surface area contributed by atoms with Gasteiger partial charge in [-0.1, -0.05) is 18.2 Å². The Hall–Kier alpha value is -3.06. The van der Waals surface area contributed by atoms with E-state index in [2.05, 4.69) is 5.32 Å². The van der Waals surface area contributed by atoms with Crippen molar-refractivity contribution < 1.29 is 9.21 Å². The van der Waals surface area contributed by atoms with Crippen molar-refractivity contribution in [2.24, 2.45) is 0 Å². The van der Waals surface area contributed by atoms with Crippen LogP contribution in [-0.4, -0.2) is 5.91 Å². The van der Waals surface area contributed by atoms with Crippen LogP contribution in [0.1, 0.15) is 21.7 Å². The Kier molecular flexibility index (Phi) is 3.17. The molecule has 1 N–H and O–H groups in total. The van der Waals surface area contributed by atoms with Crippen molar-refractivity contribution in [1.82, 2.24) is 0 Å². The summed E-state index contributed by atoms with van der Waals surface area (Å²) in [4.78, 5) is 12.3. The average Bonchev–Trinajstić information content (AvgIpc) is 2.86. The standard InChI is InChI=1S/C17H12N2O2/c1-11-14-4-2-3-5-15(14)21-16(11)17(20)19-13-8-6-12(10-18)7-9-13/h2-9H,1H3,(H,19,20). The molecule has 0 saturated heterocycles. The van der Waals surface area contributed by atoms with Crippen LogP contribution in [0.4, 0.5) is 5.69 Å². The third kappa shape index (κ3) is 2.37. The Bertz CT molecular complexity index is 855. The van der Waals surface area contributed by atoms with Crippen LogP contribution in [0.5, 0.6) is 0 Å². The molecule has 0 aliphatic rings. The lowest BCUT2D eigenvalue weighted by Crippen LogP contribution is -2.12. The first-order chi connectivity index (χ1) is 10.2. The van der Waals surface area contributed by atoms with Gasteiger partial charge in [-0.05, 0) is 37.3 Å². The van der Waals surface area contributed by atoms with Gasteiger partial charge >= 0.3 is 0 Å². The highest BCUT2D eigenvalue weighted by Crippen LogP contribution is 2.25. The maximum Gasteiger partial charge on any atom is 0.291 e. The molecule has 1 amide bonds. The SMILES string of the molecule is Cc1c(C(=O)Nc2ccc(C#N)cc2)oc2ccccc12. The Labute approximate surface area is 121 Å². The number of amides is 1. The van der Waals surface area contributed by atoms with E-state index in [0.29, 0.717) is 22.6 Å². The molecule has 0 radical (unpaired) electrons. The zero-order chi connectivity index (χ0) is 14.8. The van der Waals surface area contributed by atoms with Crippen LogP contribution < -0.4 is 5.32 Å². The first-order valence-electron chi connectivity index (χ1n) is 6.48. The molecule has 0 unspecified atom stereocenters. The van der Waals surface area contributed by atoms with Crippen LogP contribution in [0, 0.1) is 18.3 Å². The van der Waals surface area contributed by atoms with E-state index in [9.17, 15) is 4.79 Å². The van der Waals surface area contributed by atoms with E-state index in [0.717, 1.165) is 10.9 Å². The van der Waals surface area contributed by atoms with E-state index in [1.165, 1.54) is 0 Å². The van der Waals surface area contributed by atoms with Crippen molar-refractivity contribution in [3.63, 3.8) is 0 Å². The molecule has 0 saturated carbocycles. The van der Waals surface area contributed by atoms with Crippen LogP contribution in [-0.2, 0) is 0 Å². The number of nitrogens with one attached hydrogen (secondary N) is 1. The summed E-state index contributed by atoms with van der Waals surface area (Å²) < 4.78 is 5.61. The van der Waals surface area contributed by atoms with Gasteiger partial charge in [0.05, 0.1) is 11.6 Å². The summed E-state index contributed by atoms with van der Waals surface area (Å²) >= 11 is 0. The molecule has 3 rings (SSSR count). The summed E-state index contributed by atoms with van der Waals surface area (Å²) in [5, 5.41) is 12.5. The van der Waals surface area contributed by atoms with Gasteiger partial charge in [0, 0.05) is 16.6 Å². The van der Waals surface area contributed by atoms with Crippen LogP contribution in [0.15, 0.2) is 52.9 Å². The molecule has 4 nitrogen and oxygen atoms in total. The van der Waals surface area contributed by atoms with Gasteiger partial charge in [0.15, 0.2) is 5.76 Å². The number of carbonyl (C=O) groups excluding carboxylic acids is 1. The predicted molar refractivity (Wildman–Crippen MR) is 80.1 cm³/mol. The second kappa shape index (κ2) is 5.14. The molecule has 1 heterocycles. The molecule has 0 fully saturated rings. The van der Waals surface area contributed by atoms with Gasteiger partial charge in [0.2, 0.25) is 0 Å². The highest BCUT2D eigenvalue weighted by Gasteiger charge is 2.17. The lowest BCUT2D eigenvalue weighted by molar-refractivity contribution is 0.0998. The zero-order valence-electron chi connectivity index (χ0n) is 11.4. The van der Waals surface area contributed by atoms with E-state index in [-0.39, 0.29) is 5.91 Å². The smallest absolute Gasteiger partial charge is 0.291 e. The van der Waals surface area contributed by atoms with Gasteiger partial charge in [0.1, 0.15) is 5.58 Å². The quantitative estimate of drug-likeness (QED) is 0.772. The first-order valence-corrected chi connectivity index (χ1v) is 6.48. The lowest BCUT2D eigenvalue weighted by atomic mass is 10.1. The van der Waals surface area contributed by atoms with Crippen molar-refractivity contribution >= 4 is 22.6 Å². The minimum atomic E-state index is -0.298. The zero-order valence-corrected chi connectivity index (χ0v) is 11.4. The maximum absolute atomic E-state index is 12.3. The van der Waals surface area contributed by atoms with Gasteiger partial charge in [-0.25, -0.2) is 0 Å². The molecule has 3 aromatic rings. The maximum atomic E-state index is 12.3. The molecule has 1 aromatic heterocycles. The van der Waals surface area contributed by atoms with Crippen LogP contribution >= 0.6 is 0 Å². The van der Waals surface area contributed by atoms with Crippen LogP contribution in [0.2, 0.25) is 0 Å². The molecule has 0 atom stereocenters. The lowest BCUT2D eigenvalue weighted by Gasteiger charge is -2.03. The van der Waals surface area contributed by atoms with Gasteiger partial charge in [-0.2, -0.15) is 5.26 Å². The second-order valence-electron chi connectivity index (χ2n) is 4.70. The summed E-state index contributed by atoms with van der Waals surface area (Å²) in [6, 6.07) is 16.3. The Morgan fingerprint density at radius 2 is 1.86 bits per heavy atom. The fourth-order valence-corrected chi connectivity index (χ4v) is 2.21. The number of anilines is 1. The summed E-state index contributed by atoms with van der Waals surface area (Å²) in [6.07, 6.45) is 0. The summed E-state index contributed by atoms with van der Waals surface area (Å²) in [6.45, 7) is 1.86. The number of nitrogens with zero attached hydrogens (tertiary/aromatic N) is 1. The molecule has 0 spiro atoms. The van der Waals surface area contributed by atoms with E-state index < -0.39 is 0 Å². The largest absolute Gasteiger partial charge is 0.451 e. The van der Waals surface area contributed by atoms with E-state index in [1.807, 2.05) is 37.3 Å². The summed E-state index contributed by atoms with van der Waals surface area (Å²) in [5.41, 5.74) is 2.68. The van der Waals surface area contributed by atoms with Crippen molar-refractivity contribution in [2.45, 2.75) is 6.92 Å². The number of hydrogen-bond acceptors (Lipinski definition) is 3. The topological polar surface area (TPSA) is 66.0 Å². The molecule has 0 aliphatic heterocycles. The molecular formula is C17H12N2O2. The average molecular weight is 276 g/mol. The number of para-hydroxylation sites is 1. The number of fused-ring (bicyclic) bond motifs is 1. The number of benzene rings is 2. The monoisotopic (exact) mass is 276 g/mol. The van der Waals surface area contributed by atoms with E-state index in [1.54, 1.807) is 24.3 Å². The third-order valence-corrected chi connectivity index (χ3v) is 3.32. The van der Waals surface area contributed by atoms with Crippen molar-refractivity contribution in [3.8, 4) is 6.07 Å². The fourth-order valence-electron chi connectivity index (χ4n) is 2.21. The number of furan rings is 1. The molecule has 102 valence electrons. The third-order valence-electron chi connectivity index (χ3n) is 3.32. The number of carbonyl (C=O) groups is 1. The van der Waals surface area contributed by atoms with Crippen molar-refractivity contribution in [2.75, 3.05) is 5.32 Å². The van der Waals surface area contributed by atoms with Crippen molar-refractivity contribution in [3.05, 3.63) is 65.4 Å². The molecule has 4 heteroatoms. The summed E-state index contributed by atoms with van der Waals surface area (Å²) in [7, 11) is 0. The number of nitriles is 1. The highest BCUT2D eigenvalue weighted by molar-refractivity contribution is 6.06. The van der Waals surface area contributed by atoms with Crippen LogP contribution in [0.3, 0.4) is 0 Å².